The van der Waals surface area contributed by atoms with Crippen molar-refractivity contribution in [3.05, 3.63) is 29.8 Å². The molecule has 1 saturated heterocycles. The summed E-state index contributed by atoms with van der Waals surface area (Å²) in [6, 6.07) is 6.18. The summed E-state index contributed by atoms with van der Waals surface area (Å²) in [4.78, 5) is 53.6. The van der Waals surface area contributed by atoms with Crippen LogP contribution < -0.4 is 10.6 Å². The van der Waals surface area contributed by atoms with E-state index in [0.717, 1.165) is 25.7 Å². The van der Waals surface area contributed by atoms with Gasteiger partial charge in [0.25, 0.3) is 5.91 Å². The maximum atomic E-state index is 12.9. The fourth-order valence-electron chi connectivity index (χ4n) is 3.84. The molecule has 0 aromatic heterocycles. The fraction of sp³-hybridized carbons (Fsp3) is 0.600. The molecule has 3 amide bonds. The number of piperazine rings is 1. The van der Waals surface area contributed by atoms with Crippen molar-refractivity contribution in [3.63, 3.8) is 0 Å². The smallest absolute Gasteiger partial charge is 0.308 e. The molecule has 1 aliphatic heterocycles. The minimum Gasteiger partial charge on any atom is -0.466 e. The van der Waals surface area contributed by atoms with Crippen LogP contribution in [0.5, 0.6) is 0 Å². The van der Waals surface area contributed by atoms with Crippen molar-refractivity contribution in [1.82, 2.24) is 15.1 Å². The molecule has 1 aromatic carbocycles. The molecular formula is C25H38N4O5. The van der Waals surface area contributed by atoms with Crippen LogP contribution in [0.3, 0.4) is 0 Å². The first-order valence-electron chi connectivity index (χ1n) is 12.3. The maximum Gasteiger partial charge on any atom is 0.308 e. The number of rotatable bonds is 13. The Kier molecular flexibility index (Phi) is 11.4. The predicted molar refractivity (Wildman–Crippen MR) is 130 cm³/mol. The molecule has 9 nitrogen and oxygen atoms in total. The molecule has 9 heteroatoms. The van der Waals surface area contributed by atoms with Gasteiger partial charge in [-0.25, -0.2) is 0 Å². The molecule has 1 heterocycles. The molecule has 0 bridgehead atoms. The number of nitrogens with zero attached hydrogens (tertiary/aromatic N) is 2. The maximum absolute atomic E-state index is 12.9. The topological polar surface area (TPSA) is 108 Å². The van der Waals surface area contributed by atoms with E-state index in [1.165, 1.54) is 4.90 Å². The van der Waals surface area contributed by atoms with Crippen LogP contribution in [0.15, 0.2) is 24.3 Å². The van der Waals surface area contributed by atoms with Gasteiger partial charge in [-0.05, 0) is 37.5 Å². The number of hydrogen-bond donors (Lipinski definition) is 2. The van der Waals surface area contributed by atoms with Crippen LogP contribution in [0.4, 0.5) is 5.69 Å². The van der Waals surface area contributed by atoms with E-state index in [9.17, 15) is 19.2 Å². The highest BCUT2D eigenvalue weighted by Gasteiger charge is 2.35. The standard InChI is InChI=1S/C25H38N4O5/c1-4-7-15-34-23(31)17-21-24(32)26-11-14-29(21)22(30)18-27-20-10-8-9-19(16-20)25(33)28(12-5-2)13-6-3/h8-10,16,21,27H,4-7,11-15,17-18H2,1-3H3,(H,26,32). The number of benzene rings is 1. The Bertz CT molecular complexity index is 838. The third kappa shape index (κ3) is 8.04. The largest absolute Gasteiger partial charge is 0.466 e. The molecule has 0 saturated carbocycles. The summed E-state index contributed by atoms with van der Waals surface area (Å²) in [6.07, 6.45) is 3.25. The highest BCUT2D eigenvalue weighted by molar-refractivity contribution is 5.96. The van der Waals surface area contributed by atoms with E-state index in [-0.39, 0.29) is 30.7 Å². The lowest BCUT2D eigenvalue weighted by Gasteiger charge is -2.34. The molecule has 34 heavy (non-hydrogen) atoms. The van der Waals surface area contributed by atoms with E-state index in [1.54, 1.807) is 24.3 Å². The fourth-order valence-corrected chi connectivity index (χ4v) is 3.84. The summed E-state index contributed by atoms with van der Waals surface area (Å²) < 4.78 is 5.17. The van der Waals surface area contributed by atoms with Crippen molar-refractivity contribution < 1.29 is 23.9 Å². The Hall–Kier alpha value is -3.10. The zero-order valence-corrected chi connectivity index (χ0v) is 20.6. The van der Waals surface area contributed by atoms with Gasteiger partial charge in [-0.2, -0.15) is 0 Å². The number of nitrogens with one attached hydrogen (secondary N) is 2. The molecule has 1 atom stereocenters. The van der Waals surface area contributed by atoms with Crippen LogP contribution >= 0.6 is 0 Å². The predicted octanol–water partition coefficient (Wildman–Crippen LogP) is 2.42. The summed E-state index contributed by atoms with van der Waals surface area (Å²) in [7, 11) is 0. The van der Waals surface area contributed by atoms with Gasteiger partial charge in [0.05, 0.1) is 19.6 Å². The zero-order valence-electron chi connectivity index (χ0n) is 20.6. The van der Waals surface area contributed by atoms with Crippen molar-refractivity contribution in [2.45, 2.75) is 58.9 Å². The molecule has 1 aromatic rings. The molecule has 2 rings (SSSR count). The van der Waals surface area contributed by atoms with Crippen LogP contribution in [-0.2, 0) is 19.1 Å². The van der Waals surface area contributed by atoms with Gasteiger partial charge < -0.3 is 25.2 Å². The Balaban J connectivity index is 2.00. The summed E-state index contributed by atoms with van der Waals surface area (Å²) in [5.41, 5.74) is 1.20. The number of esters is 1. The minimum absolute atomic E-state index is 0.0342. The number of carbonyl (C=O) groups excluding carboxylic acids is 4. The summed E-state index contributed by atoms with van der Waals surface area (Å²) in [6.45, 7) is 8.37. The first-order valence-corrected chi connectivity index (χ1v) is 12.3. The number of anilines is 1. The van der Waals surface area contributed by atoms with Gasteiger partial charge in [-0.1, -0.05) is 33.3 Å². The van der Waals surface area contributed by atoms with Crippen molar-refractivity contribution >= 4 is 29.4 Å². The van der Waals surface area contributed by atoms with Crippen LogP contribution in [0.1, 0.15) is 63.2 Å². The molecule has 0 aliphatic carbocycles. The van der Waals surface area contributed by atoms with Gasteiger partial charge in [0, 0.05) is 37.4 Å². The summed E-state index contributed by atoms with van der Waals surface area (Å²) in [5, 5.41) is 5.77. The minimum atomic E-state index is -0.887. The lowest BCUT2D eigenvalue weighted by atomic mass is 10.1. The monoisotopic (exact) mass is 474 g/mol. The van der Waals surface area contributed by atoms with Crippen LogP contribution in [0.25, 0.3) is 0 Å². The number of carbonyl (C=O) groups is 4. The number of hydrogen-bond acceptors (Lipinski definition) is 6. The molecule has 0 radical (unpaired) electrons. The molecule has 1 aliphatic rings. The lowest BCUT2D eigenvalue weighted by Crippen LogP contribution is -2.58. The van der Waals surface area contributed by atoms with Gasteiger partial charge in [0.15, 0.2) is 0 Å². The SMILES string of the molecule is CCCCOC(=O)CC1C(=O)NCCN1C(=O)CNc1cccc(C(=O)N(CCC)CCC)c1. The average Bonchev–Trinajstić information content (AvgIpc) is 2.83. The second-order valence-electron chi connectivity index (χ2n) is 8.40. The molecule has 2 N–H and O–H groups in total. The van der Waals surface area contributed by atoms with Gasteiger partial charge in [-0.15, -0.1) is 0 Å². The van der Waals surface area contributed by atoms with E-state index in [1.807, 2.05) is 25.7 Å². The van der Waals surface area contributed by atoms with Crippen molar-refractivity contribution in [2.24, 2.45) is 0 Å². The molecule has 0 spiro atoms. The van der Waals surface area contributed by atoms with E-state index < -0.39 is 12.0 Å². The normalized spacial score (nSPS) is 15.4. The molecule has 188 valence electrons. The number of ether oxygens (including phenoxy) is 1. The summed E-state index contributed by atoms with van der Waals surface area (Å²) >= 11 is 0. The lowest BCUT2D eigenvalue weighted by molar-refractivity contribution is -0.151. The van der Waals surface area contributed by atoms with E-state index in [2.05, 4.69) is 10.6 Å². The Morgan fingerprint density at radius 1 is 1.15 bits per heavy atom. The second kappa shape index (κ2) is 14.2. The molecule has 1 fully saturated rings. The van der Waals surface area contributed by atoms with Gasteiger partial charge >= 0.3 is 5.97 Å². The first kappa shape index (κ1) is 27.1. The zero-order chi connectivity index (χ0) is 24.9. The van der Waals surface area contributed by atoms with E-state index >= 15 is 0 Å². The number of unbranched alkanes of at least 4 members (excludes halogenated alkanes) is 1. The third-order valence-corrected chi connectivity index (χ3v) is 5.60. The summed E-state index contributed by atoms with van der Waals surface area (Å²) in [5.74, 6) is -1.17. The Labute approximate surface area is 202 Å². The van der Waals surface area contributed by atoms with Crippen LogP contribution in [0, 0.1) is 0 Å². The highest BCUT2D eigenvalue weighted by atomic mass is 16.5. The van der Waals surface area contributed by atoms with Crippen molar-refractivity contribution in [1.29, 1.82) is 0 Å². The molecular weight excluding hydrogens is 436 g/mol. The van der Waals surface area contributed by atoms with E-state index in [4.69, 9.17) is 4.74 Å². The van der Waals surface area contributed by atoms with E-state index in [0.29, 0.717) is 44.0 Å². The molecule has 1 unspecified atom stereocenters. The van der Waals surface area contributed by atoms with Gasteiger partial charge in [0.2, 0.25) is 11.8 Å². The Morgan fingerprint density at radius 2 is 1.88 bits per heavy atom. The van der Waals surface area contributed by atoms with Crippen LogP contribution in [0.2, 0.25) is 0 Å². The Morgan fingerprint density at radius 3 is 2.56 bits per heavy atom. The van der Waals surface area contributed by atoms with Crippen molar-refractivity contribution in [3.8, 4) is 0 Å². The van der Waals surface area contributed by atoms with Gasteiger partial charge in [-0.3, -0.25) is 19.2 Å². The van der Waals surface area contributed by atoms with Gasteiger partial charge in [0.1, 0.15) is 6.04 Å². The first-order chi connectivity index (χ1) is 16.4. The van der Waals surface area contributed by atoms with Crippen molar-refractivity contribution in [2.75, 3.05) is 44.6 Å². The third-order valence-electron chi connectivity index (χ3n) is 5.60. The quantitative estimate of drug-likeness (QED) is 0.336. The highest BCUT2D eigenvalue weighted by Crippen LogP contribution is 2.15. The average molecular weight is 475 g/mol. The van der Waals surface area contributed by atoms with Crippen LogP contribution in [-0.4, -0.2) is 78.9 Å². The number of amides is 3. The second-order valence-corrected chi connectivity index (χ2v) is 8.40.